The van der Waals surface area contributed by atoms with Crippen LogP contribution in [-0.2, 0) is 0 Å². The fourth-order valence-electron chi connectivity index (χ4n) is 2.48. The summed E-state index contributed by atoms with van der Waals surface area (Å²) in [4.78, 5) is 4.39. The van der Waals surface area contributed by atoms with Crippen molar-refractivity contribution in [2.45, 2.75) is 38.6 Å². The molecule has 1 saturated carbocycles. The van der Waals surface area contributed by atoms with E-state index in [2.05, 4.69) is 39.2 Å². The number of nitrogens with zero attached hydrogens (tertiary/aromatic N) is 1. The third-order valence-electron chi connectivity index (χ3n) is 3.43. The predicted octanol–water partition coefficient (Wildman–Crippen LogP) is 3.08. The first-order valence-corrected chi connectivity index (χ1v) is 7.06. The number of rotatable bonds is 3. The number of aromatic nitrogens is 1. The molecule has 2 rings (SSSR count). The normalized spacial score (nSPS) is 24.6. The van der Waals surface area contributed by atoms with Crippen molar-refractivity contribution in [1.82, 2.24) is 4.98 Å². The van der Waals surface area contributed by atoms with Crippen LogP contribution in [-0.4, -0.2) is 17.6 Å². The number of pyridine rings is 1. The molecule has 0 bridgehead atoms. The molecule has 1 aromatic rings. The minimum absolute atomic E-state index is 0.398. The largest absolute Gasteiger partial charge is 0.370 e. The standard InChI is InChI=1S/C13H20BrN3/c1-9-5-11(14)8-17-13(9)16-7-10-3-2-4-12(15)6-10/h5,8,10,12H,2-4,6-7,15H2,1H3,(H,16,17). The van der Waals surface area contributed by atoms with E-state index in [0.717, 1.165) is 23.3 Å². The summed E-state index contributed by atoms with van der Waals surface area (Å²) < 4.78 is 1.03. The number of halogens is 1. The van der Waals surface area contributed by atoms with Crippen LogP contribution in [0.3, 0.4) is 0 Å². The zero-order valence-corrected chi connectivity index (χ0v) is 11.8. The van der Waals surface area contributed by atoms with E-state index in [4.69, 9.17) is 5.73 Å². The number of anilines is 1. The van der Waals surface area contributed by atoms with Crippen molar-refractivity contribution in [2.75, 3.05) is 11.9 Å². The number of nitrogens with two attached hydrogens (primary N) is 1. The van der Waals surface area contributed by atoms with Gasteiger partial charge in [0.05, 0.1) is 0 Å². The Morgan fingerprint density at radius 2 is 2.35 bits per heavy atom. The summed E-state index contributed by atoms with van der Waals surface area (Å²) in [6.07, 6.45) is 6.72. The zero-order valence-electron chi connectivity index (χ0n) is 10.2. The van der Waals surface area contributed by atoms with Gasteiger partial charge in [-0.05, 0) is 59.7 Å². The average Bonchev–Trinajstić information content (AvgIpc) is 2.28. The molecule has 3 N–H and O–H groups in total. The van der Waals surface area contributed by atoms with Gasteiger partial charge in [0, 0.05) is 23.3 Å². The Kier molecular flexibility index (Phi) is 4.40. The van der Waals surface area contributed by atoms with E-state index in [1.165, 1.54) is 24.8 Å². The molecule has 1 aromatic heterocycles. The highest BCUT2D eigenvalue weighted by Gasteiger charge is 2.19. The summed E-state index contributed by atoms with van der Waals surface area (Å²) >= 11 is 3.43. The summed E-state index contributed by atoms with van der Waals surface area (Å²) in [6, 6.07) is 2.48. The summed E-state index contributed by atoms with van der Waals surface area (Å²) in [7, 11) is 0. The fourth-order valence-corrected chi connectivity index (χ4v) is 2.93. The predicted molar refractivity (Wildman–Crippen MR) is 75.1 cm³/mol. The van der Waals surface area contributed by atoms with Gasteiger partial charge in [0.15, 0.2) is 0 Å². The van der Waals surface area contributed by atoms with Crippen LogP contribution < -0.4 is 11.1 Å². The fraction of sp³-hybridized carbons (Fsp3) is 0.615. The molecular weight excluding hydrogens is 278 g/mol. The van der Waals surface area contributed by atoms with Crippen LogP contribution in [0.4, 0.5) is 5.82 Å². The van der Waals surface area contributed by atoms with Crippen LogP contribution in [0.5, 0.6) is 0 Å². The van der Waals surface area contributed by atoms with Gasteiger partial charge in [-0.1, -0.05) is 6.42 Å². The molecule has 1 fully saturated rings. The topological polar surface area (TPSA) is 50.9 Å². The van der Waals surface area contributed by atoms with E-state index in [0.29, 0.717) is 12.0 Å². The van der Waals surface area contributed by atoms with Gasteiger partial charge in [0.25, 0.3) is 0 Å². The molecule has 0 saturated heterocycles. The van der Waals surface area contributed by atoms with Gasteiger partial charge in [-0.25, -0.2) is 4.98 Å². The van der Waals surface area contributed by atoms with Crippen LogP contribution >= 0.6 is 15.9 Å². The van der Waals surface area contributed by atoms with Crippen molar-refractivity contribution in [3.05, 3.63) is 22.3 Å². The van der Waals surface area contributed by atoms with Crippen molar-refractivity contribution >= 4 is 21.7 Å². The van der Waals surface area contributed by atoms with Crippen molar-refractivity contribution in [2.24, 2.45) is 11.7 Å². The summed E-state index contributed by atoms with van der Waals surface area (Å²) in [5, 5.41) is 3.44. The van der Waals surface area contributed by atoms with E-state index in [1.54, 1.807) is 0 Å². The quantitative estimate of drug-likeness (QED) is 0.901. The van der Waals surface area contributed by atoms with Crippen LogP contribution in [0.15, 0.2) is 16.7 Å². The summed E-state index contributed by atoms with van der Waals surface area (Å²) in [5.41, 5.74) is 7.17. The van der Waals surface area contributed by atoms with Gasteiger partial charge in [0.1, 0.15) is 5.82 Å². The lowest BCUT2D eigenvalue weighted by Crippen LogP contribution is -2.31. The molecule has 0 spiro atoms. The second-order valence-electron chi connectivity index (χ2n) is 4.99. The zero-order chi connectivity index (χ0) is 12.3. The highest BCUT2D eigenvalue weighted by Crippen LogP contribution is 2.24. The Hall–Kier alpha value is -0.610. The first-order chi connectivity index (χ1) is 8.15. The highest BCUT2D eigenvalue weighted by molar-refractivity contribution is 9.10. The van der Waals surface area contributed by atoms with Crippen molar-refractivity contribution in [3.63, 3.8) is 0 Å². The molecule has 1 aliphatic carbocycles. The third-order valence-corrected chi connectivity index (χ3v) is 3.86. The van der Waals surface area contributed by atoms with E-state index in [-0.39, 0.29) is 0 Å². The molecule has 0 aromatic carbocycles. The Bertz CT molecular complexity index is 381. The molecule has 1 aliphatic rings. The molecule has 94 valence electrons. The molecule has 0 radical (unpaired) electrons. The highest BCUT2D eigenvalue weighted by atomic mass is 79.9. The average molecular weight is 298 g/mol. The Balaban J connectivity index is 1.88. The van der Waals surface area contributed by atoms with Gasteiger partial charge in [-0.15, -0.1) is 0 Å². The molecule has 0 amide bonds. The first-order valence-electron chi connectivity index (χ1n) is 6.26. The summed E-state index contributed by atoms with van der Waals surface area (Å²) in [5.74, 6) is 1.69. The lowest BCUT2D eigenvalue weighted by Gasteiger charge is -2.27. The summed E-state index contributed by atoms with van der Waals surface area (Å²) in [6.45, 7) is 3.07. The molecule has 4 heteroatoms. The van der Waals surface area contributed by atoms with Crippen molar-refractivity contribution < 1.29 is 0 Å². The van der Waals surface area contributed by atoms with E-state index < -0.39 is 0 Å². The lowest BCUT2D eigenvalue weighted by molar-refractivity contribution is 0.335. The van der Waals surface area contributed by atoms with Gasteiger partial charge in [-0.3, -0.25) is 0 Å². The minimum Gasteiger partial charge on any atom is -0.370 e. The molecule has 2 unspecified atom stereocenters. The minimum atomic E-state index is 0.398. The van der Waals surface area contributed by atoms with Gasteiger partial charge >= 0.3 is 0 Å². The van der Waals surface area contributed by atoms with Crippen LogP contribution in [0.1, 0.15) is 31.2 Å². The maximum absolute atomic E-state index is 5.99. The Morgan fingerprint density at radius 3 is 3.06 bits per heavy atom. The monoisotopic (exact) mass is 297 g/mol. The molecule has 0 aliphatic heterocycles. The maximum Gasteiger partial charge on any atom is 0.128 e. The van der Waals surface area contributed by atoms with E-state index >= 15 is 0 Å². The molecule has 17 heavy (non-hydrogen) atoms. The third kappa shape index (κ3) is 3.68. The number of hydrogen-bond acceptors (Lipinski definition) is 3. The van der Waals surface area contributed by atoms with Gasteiger partial charge in [-0.2, -0.15) is 0 Å². The van der Waals surface area contributed by atoms with Crippen LogP contribution in [0, 0.1) is 12.8 Å². The smallest absolute Gasteiger partial charge is 0.128 e. The second kappa shape index (κ2) is 5.83. The van der Waals surface area contributed by atoms with Gasteiger partial charge < -0.3 is 11.1 Å². The Labute approximate surface area is 111 Å². The van der Waals surface area contributed by atoms with E-state index in [9.17, 15) is 0 Å². The van der Waals surface area contributed by atoms with Gasteiger partial charge in [0.2, 0.25) is 0 Å². The molecule has 2 atom stereocenters. The maximum atomic E-state index is 5.99. The van der Waals surface area contributed by atoms with E-state index in [1.807, 2.05) is 6.20 Å². The molecular formula is C13H20BrN3. The number of nitrogens with one attached hydrogen (secondary N) is 1. The molecule has 1 heterocycles. The lowest BCUT2D eigenvalue weighted by atomic mass is 9.86. The number of hydrogen-bond donors (Lipinski definition) is 2. The SMILES string of the molecule is Cc1cc(Br)cnc1NCC1CCCC(N)C1. The Morgan fingerprint density at radius 1 is 1.53 bits per heavy atom. The molecule has 3 nitrogen and oxygen atoms in total. The van der Waals surface area contributed by atoms with Crippen LogP contribution in [0.25, 0.3) is 0 Å². The van der Waals surface area contributed by atoms with Crippen molar-refractivity contribution in [3.8, 4) is 0 Å². The number of aryl methyl sites for hydroxylation is 1. The first kappa shape index (κ1) is 12.8. The van der Waals surface area contributed by atoms with Crippen molar-refractivity contribution in [1.29, 1.82) is 0 Å². The van der Waals surface area contributed by atoms with Crippen LogP contribution in [0.2, 0.25) is 0 Å². The second-order valence-corrected chi connectivity index (χ2v) is 5.91.